The highest BCUT2D eigenvalue weighted by atomic mass is 32.1. The predicted octanol–water partition coefficient (Wildman–Crippen LogP) is 0.815. The molecule has 0 fully saturated rings. The zero-order valence-electron chi connectivity index (χ0n) is 5.89. The molecule has 56 valence electrons. The molecule has 2 nitrogen and oxygen atoms in total. The van der Waals surface area contributed by atoms with Crippen molar-refractivity contribution in [3.8, 4) is 0 Å². The highest BCUT2D eigenvalue weighted by Crippen LogP contribution is 1.78. The van der Waals surface area contributed by atoms with Crippen molar-refractivity contribution in [2.24, 2.45) is 0 Å². The average molecular weight is 149 g/mol. The van der Waals surface area contributed by atoms with Gasteiger partial charge in [0.05, 0.1) is 6.61 Å². The summed E-state index contributed by atoms with van der Waals surface area (Å²) in [5.41, 5.74) is 0. The number of rotatable bonds is 6. The Morgan fingerprint density at radius 2 is 2.33 bits per heavy atom. The Morgan fingerprint density at radius 3 is 2.89 bits per heavy atom. The van der Waals surface area contributed by atoms with Gasteiger partial charge in [-0.05, 0) is 6.42 Å². The molecule has 3 heteroatoms. The van der Waals surface area contributed by atoms with Gasteiger partial charge in [0.15, 0.2) is 0 Å². The number of nitrogens with one attached hydrogen (secondary N) is 1. The predicted molar refractivity (Wildman–Crippen MR) is 45.2 cm³/mol. The summed E-state index contributed by atoms with van der Waals surface area (Å²) in [4.78, 5) is 0. The van der Waals surface area contributed by atoms with Crippen molar-refractivity contribution >= 4 is 17.4 Å². The van der Waals surface area contributed by atoms with Crippen LogP contribution in [0.5, 0.6) is 0 Å². The Balaban J connectivity index is 2.66. The normalized spacial score (nSPS) is 9.89. The van der Waals surface area contributed by atoms with E-state index in [1.165, 1.54) is 0 Å². The smallest absolute Gasteiger partial charge is 0.0599 e. The first-order valence-corrected chi connectivity index (χ1v) is 4.26. The minimum absolute atomic E-state index is 0.802. The second-order valence-corrected chi connectivity index (χ2v) is 2.31. The minimum Gasteiger partial charge on any atom is -0.380 e. The van der Waals surface area contributed by atoms with E-state index in [0.29, 0.717) is 0 Å². The Morgan fingerprint density at radius 1 is 1.56 bits per heavy atom. The molecule has 0 unspecified atom stereocenters. The van der Waals surface area contributed by atoms with Crippen LogP contribution in [0.25, 0.3) is 0 Å². The van der Waals surface area contributed by atoms with Gasteiger partial charge in [-0.1, -0.05) is 12.8 Å². The Kier molecular flexibility index (Phi) is 8.27. The van der Waals surface area contributed by atoms with Crippen LogP contribution in [-0.2, 0) is 4.74 Å². The lowest BCUT2D eigenvalue weighted by Gasteiger charge is -1.99. The van der Waals surface area contributed by atoms with Crippen molar-refractivity contribution in [2.45, 2.75) is 13.3 Å². The van der Waals surface area contributed by atoms with Crippen LogP contribution in [0, 0.1) is 0 Å². The number of thiol groups is 1. The topological polar surface area (TPSA) is 21.3 Å². The molecule has 1 N–H and O–H groups in total. The van der Waals surface area contributed by atoms with Crippen LogP contribution < -0.4 is 4.72 Å². The maximum atomic E-state index is 5.19. The van der Waals surface area contributed by atoms with Gasteiger partial charge in [-0.2, -0.15) is 0 Å². The van der Waals surface area contributed by atoms with Crippen LogP contribution in [0.4, 0.5) is 0 Å². The van der Waals surface area contributed by atoms with Crippen molar-refractivity contribution in [3.05, 3.63) is 0 Å². The fourth-order valence-corrected chi connectivity index (χ4v) is 0.693. The van der Waals surface area contributed by atoms with Gasteiger partial charge in [0.2, 0.25) is 0 Å². The quantitative estimate of drug-likeness (QED) is 0.331. The monoisotopic (exact) mass is 149 g/mol. The molecule has 0 bridgehead atoms. The maximum absolute atomic E-state index is 5.19. The van der Waals surface area contributed by atoms with Gasteiger partial charge in [-0.15, -0.1) is 11.5 Å². The van der Waals surface area contributed by atoms with Crippen LogP contribution in [0.1, 0.15) is 13.3 Å². The molecule has 0 aromatic heterocycles. The van der Waals surface area contributed by atoms with E-state index in [0.717, 1.165) is 37.7 Å². The highest BCUT2D eigenvalue weighted by Gasteiger charge is 1.81. The van der Waals surface area contributed by atoms with Crippen LogP contribution in [0.15, 0.2) is 0 Å². The van der Waals surface area contributed by atoms with E-state index in [-0.39, 0.29) is 0 Å². The summed E-state index contributed by atoms with van der Waals surface area (Å²) in [6, 6.07) is 0. The molecule has 0 aromatic rings. The van der Waals surface area contributed by atoms with Crippen LogP contribution in [0.3, 0.4) is 0 Å². The lowest BCUT2D eigenvalue weighted by Crippen LogP contribution is -2.10. The van der Waals surface area contributed by atoms with Crippen LogP contribution in [0.2, 0.25) is 0 Å². The second kappa shape index (κ2) is 8.14. The molecule has 0 amide bonds. The fourth-order valence-electron chi connectivity index (χ4n) is 0.443. The standard InChI is InChI=1S/C6H15NOS/c1-3-5-8-6-4-7-9-2/h7,9H,2-6H2,1H3. The molecule has 0 spiro atoms. The van der Waals surface area contributed by atoms with Gasteiger partial charge in [0, 0.05) is 13.2 Å². The van der Waals surface area contributed by atoms with Gasteiger partial charge in [-0.25, -0.2) is 0 Å². The Labute approximate surface area is 60.7 Å². The second-order valence-electron chi connectivity index (χ2n) is 1.68. The van der Waals surface area contributed by atoms with Crippen molar-refractivity contribution in [2.75, 3.05) is 19.8 Å². The lowest BCUT2D eigenvalue weighted by atomic mass is 10.5. The summed E-state index contributed by atoms with van der Waals surface area (Å²) < 4.78 is 8.23. The highest BCUT2D eigenvalue weighted by molar-refractivity contribution is 7.94. The molecular weight excluding hydrogens is 134 g/mol. The molecule has 0 aliphatic carbocycles. The van der Waals surface area contributed by atoms with Gasteiger partial charge in [0.25, 0.3) is 0 Å². The summed E-state index contributed by atoms with van der Waals surface area (Å²) in [6.45, 7) is 4.68. The molecule has 0 aliphatic rings. The lowest BCUT2D eigenvalue weighted by molar-refractivity contribution is 0.140. The van der Waals surface area contributed by atoms with Crippen LogP contribution >= 0.6 is 11.5 Å². The number of ether oxygens (including phenoxy) is 1. The molecule has 0 saturated heterocycles. The zero-order valence-corrected chi connectivity index (χ0v) is 6.79. The summed E-state index contributed by atoms with van der Waals surface area (Å²) >= 11 is 0.985. The first-order valence-electron chi connectivity index (χ1n) is 3.18. The number of hydrogen-bond acceptors (Lipinski definition) is 2. The molecule has 0 aliphatic heterocycles. The van der Waals surface area contributed by atoms with Gasteiger partial charge in [-0.3, -0.25) is 4.72 Å². The van der Waals surface area contributed by atoms with E-state index in [1.54, 1.807) is 0 Å². The van der Waals surface area contributed by atoms with Crippen molar-refractivity contribution in [3.63, 3.8) is 0 Å². The van der Waals surface area contributed by atoms with Gasteiger partial charge in [0.1, 0.15) is 0 Å². The minimum atomic E-state index is 0.802. The molecular formula is C6H15NOS. The first-order chi connectivity index (χ1) is 4.41. The van der Waals surface area contributed by atoms with Gasteiger partial charge < -0.3 is 4.74 Å². The molecule has 9 heavy (non-hydrogen) atoms. The first kappa shape index (κ1) is 9.14. The van der Waals surface area contributed by atoms with E-state index in [2.05, 4.69) is 17.5 Å². The summed E-state index contributed by atoms with van der Waals surface area (Å²) in [5.74, 6) is 3.61. The maximum Gasteiger partial charge on any atom is 0.0599 e. The largest absolute Gasteiger partial charge is 0.380 e. The third-order valence-electron chi connectivity index (χ3n) is 0.818. The Bertz CT molecular complexity index is 68.1. The third-order valence-corrected chi connectivity index (χ3v) is 1.27. The molecule has 0 rings (SSSR count). The van der Waals surface area contributed by atoms with Crippen LogP contribution in [-0.4, -0.2) is 25.6 Å². The van der Waals surface area contributed by atoms with E-state index < -0.39 is 0 Å². The van der Waals surface area contributed by atoms with Crippen molar-refractivity contribution in [1.29, 1.82) is 0 Å². The Hall–Kier alpha value is 0.140. The summed E-state index contributed by atoms with van der Waals surface area (Å²) in [5, 5.41) is 0. The van der Waals surface area contributed by atoms with E-state index in [9.17, 15) is 0 Å². The molecule has 0 aromatic carbocycles. The molecule has 0 atom stereocenters. The van der Waals surface area contributed by atoms with E-state index in [4.69, 9.17) is 4.74 Å². The number of hydrogen-bond donors (Lipinski definition) is 2. The van der Waals surface area contributed by atoms with E-state index in [1.807, 2.05) is 0 Å². The fraction of sp³-hybridized carbons (Fsp3) is 0.833. The third kappa shape index (κ3) is 8.14. The molecule has 0 saturated carbocycles. The SMILES string of the molecule is C=[SH]NCCOCCC. The molecule has 0 heterocycles. The van der Waals surface area contributed by atoms with Crippen molar-refractivity contribution < 1.29 is 4.74 Å². The van der Waals surface area contributed by atoms with Gasteiger partial charge >= 0.3 is 0 Å². The molecule has 0 radical (unpaired) electrons. The van der Waals surface area contributed by atoms with Crippen molar-refractivity contribution in [1.82, 2.24) is 4.72 Å². The van der Waals surface area contributed by atoms with E-state index >= 15 is 0 Å². The average Bonchev–Trinajstić information content (AvgIpc) is 1.89. The summed E-state index contributed by atoms with van der Waals surface area (Å²) in [6.07, 6.45) is 1.10. The summed E-state index contributed by atoms with van der Waals surface area (Å²) in [7, 11) is 0. The zero-order chi connectivity index (χ0) is 6.95.